The number of aliphatic hydroxyl groups is 1. The summed E-state index contributed by atoms with van der Waals surface area (Å²) in [5, 5.41) is 14.2. The number of alkyl halides is 3. The summed E-state index contributed by atoms with van der Waals surface area (Å²) in [4.78, 5) is 11.5. The van der Waals surface area contributed by atoms with Crippen LogP contribution in [0, 0.1) is 0 Å². The fraction of sp³-hybridized carbons (Fsp3) is 0.462. The average Bonchev–Trinajstić information content (AvgIpc) is 2.38. The Hall–Kier alpha value is -1.80. The first kappa shape index (κ1) is 17.3. The number of nitrogens with one attached hydrogen (secondary N) is 2. The van der Waals surface area contributed by atoms with Crippen molar-refractivity contribution in [1.82, 2.24) is 5.32 Å². The molecule has 2 amide bonds. The van der Waals surface area contributed by atoms with Gasteiger partial charge in [0.25, 0.3) is 0 Å². The third-order valence-corrected chi connectivity index (χ3v) is 2.59. The minimum absolute atomic E-state index is 0.169. The van der Waals surface area contributed by atoms with E-state index in [1.165, 1.54) is 19.2 Å². The number of methoxy groups -OCH3 is 1. The van der Waals surface area contributed by atoms with Gasteiger partial charge in [-0.15, -0.1) is 0 Å². The summed E-state index contributed by atoms with van der Waals surface area (Å²) in [5.41, 5.74) is -0.533. The molecule has 5 nitrogen and oxygen atoms in total. The van der Waals surface area contributed by atoms with Crippen LogP contribution in [0.25, 0.3) is 0 Å². The van der Waals surface area contributed by atoms with Crippen LogP contribution in [0.4, 0.5) is 23.7 Å². The number of halogens is 3. The van der Waals surface area contributed by atoms with Gasteiger partial charge in [-0.3, -0.25) is 0 Å². The molecule has 0 saturated carbocycles. The first-order valence-electron chi connectivity index (χ1n) is 6.22. The van der Waals surface area contributed by atoms with Crippen LogP contribution in [0.2, 0.25) is 0 Å². The first-order valence-corrected chi connectivity index (χ1v) is 6.22. The highest BCUT2D eigenvalue weighted by molar-refractivity contribution is 5.89. The van der Waals surface area contributed by atoms with Crippen molar-refractivity contribution in [2.75, 3.05) is 25.6 Å². The number of amides is 2. The molecule has 0 aromatic heterocycles. The molecule has 0 radical (unpaired) electrons. The van der Waals surface area contributed by atoms with E-state index in [0.717, 1.165) is 12.1 Å². The molecule has 1 rings (SSSR count). The minimum Gasteiger partial charge on any atom is -0.391 e. The van der Waals surface area contributed by atoms with Crippen molar-refractivity contribution in [2.24, 2.45) is 0 Å². The van der Waals surface area contributed by atoms with E-state index >= 15 is 0 Å². The van der Waals surface area contributed by atoms with E-state index in [1.807, 2.05) is 0 Å². The largest absolute Gasteiger partial charge is 0.416 e. The van der Waals surface area contributed by atoms with Crippen molar-refractivity contribution in [2.45, 2.75) is 18.7 Å². The van der Waals surface area contributed by atoms with Gasteiger partial charge in [0.2, 0.25) is 0 Å². The second-order valence-electron chi connectivity index (χ2n) is 4.35. The van der Waals surface area contributed by atoms with E-state index in [4.69, 9.17) is 4.74 Å². The Labute approximate surface area is 120 Å². The van der Waals surface area contributed by atoms with Gasteiger partial charge in [0.05, 0.1) is 18.3 Å². The van der Waals surface area contributed by atoms with Gasteiger partial charge in [0, 0.05) is 19.3 Å². The van der Waals surface area contributed by atoms with E-state index < -0.39 is 23.9 Å². The SMILES string of the molecule is COCC(O)CCNC(=O)Nc1ccc(C(F)(F)F)cc1. The summed E-state index contributed by atoms with van der Waals surface area (Å²) >= 11 is 0. The van der Waals surface area contributed by atoms with Crippen molar-refractivity contribution in [3.05, 3.63) is 29.8 Å². The van der Waals surface area contributed by atoms with Gasteiger partial charge in [-0.25, -0.2) is 4.79 Å². The molecule has 0 saturated heterocycles. The lowest BCUT2D eigenvalue weighted by atomic mass is 10.2. The summed E-state index contributed by atoms with van der Waals surface area (Å²) in [6.07, 6.45) is -4.77. The summed E-state index contributed by atoms with van der Waals surface area (Å²) in [6.45, 7) is 0.388. The number of urea groups is 1. The number of anilines is 1. The maximum absolute atomic E-state index is 12.4. The predicted molar refractivity (Wildman–Crippen MR) is 71.0 cm³/mol. The third kappa shape index (κ3) is 6.46. The molecule has 0 bridgehead atoms. The quantitative estimate of drug-likeness (QED) is 0.755. The normalized spacial score (nSPS) is 12.8. The third-order valence-electron chi connectivity index (χ3n) is 2.59. The standard InChI is InChI=1S/C13H17F3N2O3/c1-21-8-11(19)6-7-17-12(20)18-10-4-2-9(3-5-10)13(14,15)16/h2-5,11,19H,6-8H2,1H3,(H2,17,18,20). The summed E-state index contributed by atoms with van der Waals surface area (Å²) in [7, 11) is 1.45. The van der Waals surface area contributed by atoms with Gasteiger partial charge in [-0.05, 0) is 30.7 Å². The second-order valence-corrected chi connectivity index (χ2v) is 4.35. The van der Waals surface area contributed by atoms with Crippen LogP contribution < -0.4 is 10.6 Å². The summed E-state index contributed by atoms with van der Waals surface area (Å²) < 4.78 is 41.8. The number of hydrogen-bond acceptors (Lipinski definition) is 3. The highest BCUT2D eigenvalue weighted by Gasteiger charge is 2.29. The highest BCUT2D eigenvalue weighted by Crippen LogP contribution is 2.29. The highest BCUT2D eigenvalue weighted by atomic mass is 19.4. The monoisotopic (exact) mass is 306 g/mol. The van der Waals surface area contributed by atoms with Gasteiger partial charge in [-0.1, -0.05) is 0 Å². The molecule has 1 aromatic carbocycles. The van der Waals surface area contributed by atoms with Crippen molar-refractivity contribution in [1.29, 1.82) is 0 Å². The van der Waals surface area contributed by atoms with Crippen molar-refractivity contribution >= 4 is 11.7 Å². The molecule has 0 spiro atoms. The van der Waals surface area contributed by atoms with Gasteiger partial charge in [-0.2, -0.15) is 13.2 Å². The Balaban J connectivity index is 2.38. The fourth-order valence-electron chi connectivity index (χ4n) is 1.55. The Morgan fingerprint density at radius 3 is 2.48 bits per heavy atom. The van der Waals surface area contributed by atoms with E-state index in [-0.39, 0.29) is 18.8 Å². The van der Waals surface area contributed by atoms with Crippen molar-refractivity contribution in [3.8, 4) is 0 Å². The van der Waals surface area contributed by atoms with Crippen LogP contribution in [0.15, 0.2) is 24.3 Å². The van der Waals surface area contributed by atoms with Gasteiger partial charge >= 0.3 is 12.2 Å². The molecule has 1 atom stereocenters. The zero-order chi connectivity index (χ0) is 15.9. The molecule has 118 valence electrons. The second kappa shape index (κ2) is 7.84. The van der Waals surface area contributed by atoms with E-state index in [1.54, 1.807) is 0 Å². The number of carbonyl (C=O) groups excluding carboxylic acids is 1. The maximum atomic E-state index is 12.4. The van der Waals surface area contributed by atoms with Gasteiger partial charge < -0.3 is 20.5 Å². The molecule has 0 aliphatic rings. The van der Waals surface area contributed by atoms with Gasteiger partial charge in [0.15, 0.2) is 0 Å². The number of carbonyl (C=O) groups is 1. The number of benzene rings is 1. The summed E-state index contributed by atoms with van der Waals surface area (Å²) in [6, 6.07) is 3.56. The smallest absolute Gasteiger partial charge is 0.391 e. The van der Waals surface area contributed by atoms with Gasteiger partial charge in [0.1, 0.15) is 0 Å². The molecule has 0 heterocycles. The number of hydrogen-bond donors (Lipinski definition) is 3. The minimum atomic E-state index is -4.40. The average molecular weight is 306 g/mol. The molecule has 1 aromatic rings. The molecule has 3 N–H and O–H groups in total. The predicted octanol–water partition coefficient (Wildman–Crippen LogP) is 2.22. The molecule has 0 aliphatic heterocycles. The van der Waals surface area contributed by atoms with Crippen molar-refractivity contribution in [3.63, 3.8) is 0 Å². The van der Waals surface area contributed by atoms with Crippen LogP contribution in [0.3, 0.4) is 0 Å². The number of rotatable bonds is 6. The van der Waals surface area contributed by atoms with Crippen LogP contribution in [0.5, 0.6) is 0 Å². The van der Waals surface area contributed by atoms with Crippen LogP contribution >= 0.6 is 0 Å². The molecular weight excluding hydrogens is 289 g/mol. The molecule has 1 unspecified atom stereocenters. The molecule has 0 aliphatic carbocycles. The molecule has 0 fully saturated rings. The van der Waals surface area contributed by atoms with E-state index in [0.29, 0.717) is 6.42 Å². The summed E-state index contributed by atoms with van der Waals surface area (Å²) in [5.74, 6) is 0. The zero-order valence-corrected chi connectivity index (χ0v) is 11.4. The van der Waals surface area contributed by atoms with E-state index in [2.05, 4.69) is 10.6 Å². The molecular formula is C13H17F3N2O3. The van der Waals surface area contributed by atoms with E-state index in [9.17, 15) is 23.1 Å². The Bertz CT molecular complexity index is 449. The first-order chi connectivity index (χ1) is 9.82. The molecule has 8 heteroatoms. The Kier molecular flexibility index (Phi) is 6.44. The lowest BCUT2D eigenvalue weighted by molar-refractivity contribution is -0.137. The number of aliphatic hydroxyl groups excluding tert-OH is 1. The number of ether oxygens (including phenoxy) is 1. The zero-order valence-electron chi connectivity index (χ0n) is 11.4. The van der Waals surface area contributed by atoms with Crippen LogP contribution in [0.1, 0.15) is 12.0 Å². The van der Waals surface area contributed by atoms with Crippen LogP contribution in [-0.2, 0) is 10.9 Å². The lowest BCUT2D eigenvalue weighted by Crippen LogP contribution is -2.32. The van der Waals surface area contributed by atoms with Crippen molar-refractivity contribution < 1.29 is 27.8 Å². The topological polar surface area (TPSA) is 70.6 Å². The molecule has 21 heavy (non-hydrogen) atoms. The van der Waals surface area contributed by atoms with Crippen LogP contribution in [-0.4, -0.2) is 37.5 Å². The maximum Gasteiger partial charge on any atom is 0.416 e. The lowest BCUT2D eigenvalue weighted by Gasteiger charge is -2.11. The Morgan fingerprint density at radius 1 is 1.33 bits per heavy atom. The Morgan fingerprint density at radius 2 is 1.95 bits per heavy atom. The fourth-order valence-corrected chi connectivity index (χ4v) is 1.55.